The molecule has 0 saturated carbocycles. The maximum Gasteiger partial charge on any atom is 0.160 e. The molecule has 0 fully saturated rings. The summed E-state index contributed by atoms with van der Waals surface area (Å²) >= 11 is 0. The largest absolute Gasteiger partial charge is 0.244 e. The molecule has 0 bridgehead atoms. The molecular weight excluding hydrogens is 633 g/mol. The molecule has 0 aliphatic rings. The van der Waals surface area contributed by atoms with Crippen molar-refractivity contribution in [1.29, 1.82) is 0 Å². The van der Waals surface area contributed by atoms with Crippen LogP contribution in [0.3, 0.4) is 0 Å². The summed E-state index contributed by atoms with van der Waals surface area (Å²) in [5.74, 6) is 0.685. The van der Waals surface area contributed by atoms with Crippen LogP contribution in [0.15, 0.2) is 183 Å². The zero-order valence-electron chi connectivity index (χ0n) is 28.1. The highest BCUT2D eigenvalue weighted by Crippen LogP contribution is 2.43. The van der Waals surface area contributed by atoms with E-state index in [-0.39, 0.29) is 0 Å². The Kier molecular flexibility index (Phi) is 7.10. The van der Waals surface area contributed by atoms with Crippen molar-refractivity contribution in [3.8, 4) is 56.2 Å². The van der Waals surface area contributed by atoms with Crippen LogP contribution in [0, 0.1) is 0 Å². The van der Waals surface area contributed by atoms with Crippen molar-refractivity contribution in [3.63, 3.8) is 0 Å². The lowest BCUT2D eigenvalue weighted by Crippen LogP contribution is -1.96. The topological polar surface area (TPSA) is 51.6 Å². The Labute approximate surface area is 300 Å². The zero-order valence-corrected chi connectivity index (χ0v) is 28.1. The van der Waals surface area contributed by atoms with E-state index in [0.29, 0.717) is 5.82 Å². The van der Waals surface area contributed by atoms with Crippen LogP contribution in [-0.4, -0.2) is 19.9 Å². The Balaban J connectivity index is 1.11. The Morgan fingerprint density at radius 3 is 1.42 bits per heavy atom. The van der Waals surface area contributed by atoms with Gasteiger partial charge in [0.2, 0.25) is 0 Å². The van der Waals surface area contributed by atoms with E-state index >= 15 is 0 Å². The predicted molar refractivity (Wildman–Crippen MR) is 215 cm³/mol. The normalized spacial score (nSPS) is 11.5. The van der Waals surface area contributed by atoms with Gasteiger partial charge in [-0.05, 0) is 71.9 Å². The van der Waals surface area contributed by atoms with Gasteiger partial charge in [0.25, 0.3) is 0 Å². The fourth-order valence-corrected chi connectivity index (χ4v) is 7.57. The van der Waals surface area contributed by atoms with Crippen LogP contribution < -0.4 is 0 Å². The third kappa shape index (κ3) is 5.09. The summed E-state index contributed by atoms with van der Waals surface area (Å²) in [6.07, 6.45) is 5.20. The van der Waals surface area contributed by atoms with Gasteiger partial charge in [0.15, 0.2) is 5.82 Å². The molecule has 0 atom stereocenters. The first kappa shape index (κ1) is 29.8. The third-order valence-corrected chi connectivity index (χ3v) is 10.1. The van der Waals surface area contributed by atoms with E-state index < -0.39 is 0 Å². The van der Waals surface area contributed by atoms with E-state index in [2.05, 4.69) is 156 Å². The molecule has 0 saturated heterocycles. The monoisotopic (exact) mass is 662 g/mol. The fraction of sp³-hybridized carbons (Fsp3) is 0. The number of benzene rings is 8. The second kappa shape index (κ2) is 12.4. The lowest BCUT2D eigenvalue weighted by molar-refractivity contribution is 1.17. The van der Waals surface area contributed by atoms with Gasteiger partial charge in [0.05, 0.1) is 11.4 Å². The van der Waals surface area contributed by atoms with Crippen molar-refractivity contribution in [1.82, 2.24) is 19.9 Å². The molecule has 2 heterocycles. The summed E-state index contributed by atoms with van der Waals surface area (Å²) in [6.45, 7) is 0. The molecule has 4 nitrogen and oxygen atoms in total. The van der Waals surface area contributed by atoms with Gasteiger partial charge in [0, 0.05) is 34.6 Å². The number of nitrogens with zero attached hydrogens (tertiary/aromatic N) is 4. The van der Waals surface area contributed by atoms with Crippen LogP contribution in [-0.2, 0) is 0 Å². The van der Waals surface area contributed by atoms with Gasteiger partial charge in [0.1, 0.15) is 6.33 Å². The third-order valence-electron chi connectivity index (χ3n) is 10.1. The Hall–Kier alpha value is -7.04. The summed E-state index contributed by atoms with van der Waals surface area (Å²) < 4.78 is 0. The average molecular weight is 663 g/mol. The Bertz CT molecular complexity index is 2920. The van der Waals surface area contributed by atoms with Gasteiger partial charge in [-0.3, -0.25) is 0 Å². The molecule has 8 aromatic carbocycles. The van der Waals surface area contributed by atoms with Crippen LogP contribution in [0.1, 0.15) is 0 Å². The van der Waals surface area contributed by atoms with Crippen molar-refractivity contribution in [2.24, 2.45) is 0 Å². The number of hydrogen-bond acceptors (Lipinski definition) is 4. The molecule has 4 heteroatoms. The van der Waals surface area contributed by atoms with E-state index in [4.69, 9.17) is 9.97 Å². The van der Waals surface area contributed by atoms with Gasteiger partial charge < -0.3 is 0 Å². The van der Waals surface area contributed by atoms with Crippen LogP contribution in [0.25, 0.3) is 99.2 Å². The number of fused-ring (bicyclic) bond motifs is 8. The van der Waals surface area contributed by atoms with E-state index in [1.165, 1.54) is 48.7 Å². The summed E-state index contributed by atoms with van der Waals surface area (Å²) in [5.41, 5.74) is 9.15. The lowest BCUT2D eigenvalue weighted by atomic mass is 9.87. The first-order chi connectivity index (χ1) is 25.8. The molecule has 0 aliphatic carbocycles. The van der Waals surface area contributed by atoms with E-state index in [0.717, 1.165) is 44.8 Å². The van der Waals surface area contributed by atoms with Gasteiger partial charge in [-0.2, -0.15) is 0 Å². The molecule has 10 aromatic rings. The maximum absolute atomic E-state index is 5.12. The first-order valence-corrected chi connectivity index (χ1v) is 17.4. The van der Waals surface area contributed by atoms with Crippen molar-refractivity contribution in [2.75, 3.05) is 0 Å². The predicted octanol–water partition coefficient (Wildman–Crippen LogP) is 12.2. The molecule has 0 amide bonds. The van der Waals surface area contributed by atoms with Gasteiger partial charge in [-0.25, -0.2) is 19.9 Å². The molecular formula is C48H30N4. The minimum Gasteiger partial charge on any atom is -0.244 e. The second-order valence-corrected chi connectivity index (χ2v) is 13.1. The summed E-state index contributed by atoms with van der Waals surface area (Å²) in [7, 11) is 0. The van der Waals surface area contributed by atoms with E-state index in [9.17, 15) is 0 Å². The van der Waals surface area contributed by atoms with Gasteiger partial charge in [-0.1, -0.05) is 152 Å². The highest BCUT2D eigenvalue weighted by molar-refractivity contribution is 6.33. The molecule has 0 spiro atoms. The van der Waals surface area contributed by atoms with Gasteiger partial charge >= 0.3 is 0 Å². The zero-order chi connectivity index (χ0) is 34.4. The van der Waals surface area contributed by atoms with Crippen molar-refractivity contribution in [2.45, 2.75) is 0 Å². The summed E-state index contributed by atoms with van der Waals surface area (Å²) in [6, 6.07) is 58.2. The maximum atomic E-state index is 5.12. The van der Waals surface area contributed by atoms with Gasteiger partial charge in [-0.15, -0.1) is 0 Å². The minimum atomic E-state index is 0.685. The van der Waals surface area contributed by atoms with Crippen LogP contribution >= 0.6 is 0 Å². The summed E-state index contributed by atoms with van der Waals surface area (Å²) in [4.78, 5) is 18.6. The second-order valence-electron chi connectivity index (χ2n) is 13.1. The van der Waals surface area contributed by atoms with Crippen molar-refractivity contribution < 1.29 is 0 Å². The molecule has 2 aromatic heterocycles. The van der Waals surface area contributed by atoms with E-state index in [1.807, 2.05) is 30.6 Å². The highest BCUT2D eigenvalue weighted by atomic mass is 14.9. The van der Waals surface area contributed by atoms with Crippen LogP contribution in [0.5, 0.6) is 0 Å². The first-order valence-electron chi connectivity index (χ1n) is 17.4. The Morgan fingerprint density at radius 1 is 0.308 bits per heavy atom. The highest BCUT2D eigenvalue weighted by Gasteiger charge is 2.16. The molecule has 0 N–H and O–H groups in total. The molecule has 10 rings (SSSR count). The lowest BCUT2D eigenvalue weighted by Gasteiger charge is -2.16. The van der Waals surface area contributed by atoms with Crippen molar-refractivity contribution >= 4 is 43.1 Å². The molecule has 0 radical (unpaired) electrons. The number of rotatable bonds is 5. The quantitative estimate of drug-likeness (QED) is 0.172. The molecule has 0 aliphatic heterocycles. The minimum absolute atomic E-state index is 0.685. The summed E-state index contributed by atoms with van der Waals surface area (Å²) in [5, 5.41) is 10.2. The van der Waals surface area contributed by atoms with Crippen LogP contribution in [0.4, 0.5) is 0 Å². The standard InChI is InChI=1S/C48H30N4/c1-2-10-33(11-3-1)45-27-46(34-22-18-31(19-23-34)36-28-49-30-50-29-36)52-48(51-45)35-24-20-32(21-25-35)43-26-44-39-14-5-4-12-37(39)38-13-6-8-16-41(38)47(44)42-17-9-7-15-40(42)43/h1-30H. The molecule has 242 valence electrons. The van der Waals surface area contributed by atoms with Crippen molar-refractivity contribution in [3.05, 3.63) is 183 Å². The van der Waals surface area contributed by atoms with Crippen LogP contribution in [0.2, 0.25) is 0 Å². The number of aromatic nitrogens is 4. The SMILES string of the molecule is c1ccc(-c2cc(-c3ccc(-c4cncnc4)cc3)nc(-c3ccc(-c4cc5c6ccccc6c6ccccc6c5c5ccccc45)cc3)n2)cc1. The number of hydrogen-bond donors (Lipinski definition) is 0. The fourth-order valence-electron chi connectivity index (χ4n) is 7.57. The van der Waals surface area contributed by atoms with E-state index in [1.54, 1.807) is 6.33 Å². The average Bonchev–Trinajstić information content (AvgIpc) is 3.24. The smallest absolute Gasteiger partial charge is 0.160 e. The molecule has 52 heavy (non-hydrogen) atoms. The Morgan fingerprint density at radius 2 is 0.769 bits per heavy atom. The molecule has 0 unspecified atom stereocenters.